The number of ether oxygens (including phenoxy) is 2. The third kappa shape index (κ3) is 5.68. The lowest BCUT2D eigenvalue weighted by Crippen LogP contribution is -2.48. The fourth-order valence-electron chi connectivity index (χ4n) is 5.13. The van der Waals surface area contributed by atoms with Gasteiger partial charge < -0.3 is 14.8 Å². The van der Waals surface area contributed by atoms with Crippen LogP contribution in [-0.4, -0.2) is 37.6 Å². The summed E-state index contributed by atoms with van der Waals surface area (Å²) < 4.78 is 11.3. The molecule has 0 bridgehead atoms. The van der Waals surface area contributed by atoms with E-state index in [2.05, 4.69) is 60.5 Å². The minimum absolute atomic E-state index is 0.0304. The quantitative estimate of drug-likeness (QED) is 0.462. The molecule has 0 saturated carbocycles. The normalized spacial score (nSPS) is 16.3. The molecule has 5 heteroatoms. The Morgan fingerprint density at radius 1 is 1.03 bits per heavy atom. The molecule has 0 radical (unpaired) electrons. The van der Waals surface area contributed by atoms with Gasteiger partial charge in [0, 0.05) is 19.1 Å². The fourth-order valence-corrected chi connectivity index (χ4v) is 5.13. The van der Waals surface area contributed by atoms with E-state index in [1.165, 1.54) is 22.3 Å². The van der Waals surface area contributed by atoms with Crippen molar-refractivity contribution < 1.29 is 14.3 Å². The second kappa shape index (κ2) is 11.4. The zero-order valence-electron chi connectivity index (χ0n) is 21.2. The monoisotopic (exact) mass is 472 g/mol. The molecule has 1 amide bonds. The molecule has 1 aliphatic heterocycles. The van der Waals surface area contributed by atoms with E-state index in [1.54, 1.807) is 14.2 Å². The van der Waals surface area contributed by atoms with Crippen LogP contribution in [0.25, 0.3) is 0 Å². The van der Waals surface area contributed by atoms with E-state index >= 15 is 0 Å². The summed E-state index contributed by atoms with van der Waals surface area (Å²) in [6.07, 6.45) is 2.12. The van der Waals surface area contributed by atoms with Gasteiger partial charge in [-0.25, -0.2) is 0 Å². The number of aryl methyl sites for hydroxylation is 1. The summed E-state index contributed by atoms with van der Waals surface area (Å²) in [6.45, 7) is 6.05. The number of nitrogens with zero attached hydrogens (tertiary/aromatic N) is 1. The third-order valence-electron chi connectivity index (χ3n) is 7.04. The van der Waals surface area contributed by atoms with Crippen molar-refractivity contribution in [1.29, 1.82) is 0 Å². The Morgan fingerprint density at radius 2 is 1.71 bits per heavy atom. The number of hydrogen-bond acceptors (Lipinski definition) is 4. The van der Waals surface area contributed by atoms with E-state index in [-0.39, 0.29) is 18.0 Å². The molecule has 1 heterocycles. The predicted octanol–water partition coefficient (Wildman–Crippen LogP) is 5.25. The molecule has 4 rings (SSSR count). The van der Waals surface area contributed by atoms with Gasteiger partial charge in [-0.05, 0) is 59.7 Å². The largest absolute Gasteiger partial charge is 0.493 e. The standard InChI is InChI=1S/C30H36N2O3/c1-5-26(31-29(33)17-22-12-7-6-8-13-22)30-25-19-28(35-4)27(34-3)18-23(25)15-16-32(30)20-24-14-10-9-11-21(24)2/h6-14,18-19,26,30H,5,15-17,20H2,1-4H3,(H,31,33). The lowest BCUT2D eigenvalue weighted by atomic mass is 9.86. The molecule has 3 aromatic carbocycles. The summed E-state index contributed by atoms with van der Waals surface area (Å²) in [5, 5.41) is 3.37. The van der Waals surface area contributed by atoms with Crippen molar-refractivity contribution in [2.45, 2.75) is 51.7 Å². The van der Waals surface area contributed by atoms with Crippen LogP contribution in [0.5, 0.6) is 11.5 Å². The van der Waals surface area contributed by atoms with Crippen LogP contribution in [0.15, 0.2) is 66.7 Å². The number of nitrogens with one attached hydrogen (secondary N) is 1. The van der Waals surface area contributed by atoms with Gasteiger partial charge in [-0.3, -0.25) is 9.69 Å². The molecule has 0 saturated heterocycles. The van der Waals surface area contributed by atoms with E-state index in [1.807, 2.05) is 30.3 Å². The van der Waals surface area contributed by atoms with Crippen LogP contribution in [-0.2, 0) is 24.2 Å². The summed E-state index contributed by atoms with van der Waals surface area (Å²) in [6, 6.07) is 22.7. The summed E-state index contributed by atoms with van der Waals surface area (Å²) in [5.41, 5.74) is 6.07. The highest BCUT2D eigenvalue weighted by Gasteiger charge is 2.35. The molecule has 0 spiro atoms. The zero-order valence-corrected chi connectivity index (χ0v) is 21.2. The van der Waals surface area contributed by atoms with E-state index in [4.69, 9.17) is 9.47 Å². The Morgan fingerprint density at radius 3 is 2.40 bits per heavy atom. The maximum Gasteiger partial charge on any atom is 0.224 e. The maximum absolute atomic E-state index is 13.1. The molecule has 0 fully saturated rings. The van der Waals surface area contributed by atoms with Gasteiger partial charge in [0.1, 0.15) is 0 Å². The van der Waals surface area contributed by atoms with Gasteiger partial charge in [0.05, 0.1) is 26.7 Å². The van der Waals surface area contributed by atoms with Crippen LogP contribution < -0.4 is 14.8 Å². The lowest BCUT2D eigenvalue weighted by Gasteiger charge is -2.42. The van der Waals surface area contributed by atoms with Gasteiger partial charge in [-0.2, -0.15) is 0 Å². The number of rotatable bonds is 9. The Balaban J connectivity index is 1.68. The van der Waals surface area contributed by atoms with Crippen molar-refractivity contribution in [1.82, 2.24) is 10.2 Å². The molecule has 5 nitrogen and oxygen atoms in total. The fraction of sp³-hybridized carbons (Fsp3) is 0.367. The van der Waals surface area contributed by atoms with Gasteiger partial charge in [0.2, 0.25) is 5.91 Å². The summed E-state index contributed by atoms with van der Waals surface area (Å²) in [5.74, 6) is 1.52. The van der Waals surface area contributed by atoms with Crippen molar-refractivity contribution in [2.75, 3.05) is 20.8 Å². The Hall–Kier alpha value is -3.31. The number of amides is 1. The molecule has 1 N–H and O–H groups in total. The first kappa shape index (κ1) is 24.8. The SMILES string of the molecule is CCC(NC(=O)Cc1ccccc1)C1c2cc(OC)c(OC)cc2CCN1Cc1ccccc1C. The van der Waals surface area contributed by atoms with Crippen molar-refractivity contribution in [3.8, 4) is 11.5 Å². The number of carbonyl (C=O) groups is 1. The van der Waals surface area contributed by atoms with Crippen LogP contribution in [0, 0.1) is 6.92 Å². The van der Waals surface area contributed by atoms with E-state index in [0.29, 0.717) is 6.42 Å². The first-order chi connectivity index (χ1) is 17.0. The van der Waals surface area contributed by atoms with Crippen LogP contribution in [0.3, 0.4) is 0 Å². The van der Waals surface area contributed by atoms with Crippen molar-refractivity contribution in [3.63, 3.8) is 0 Å². The Labute approximate surface area is 209 Å². The molecule has 184 valence electrons. The predicted molar refractivity (Wildman–Crippen MR) is 140 cm³/mol. The molecule has 2 unspecified atom stereocenters. The van der Waals surface area contributed by atoms with Crippen molar-refractivity contribution in [2.24, 2.45) is 0 Å². The van der Waals surface area contributed by atoms with Crippen LogP contribution in [0.2, 0.25) is 0 Å². The summed E-state index contributed by atoms with van der Waals surface area (Å²) in [7, 11) is 3.35. The molecule has 2 atom stereocenters. The average Bonchev–Trinajstić information content (AvgIpc) is 2.88. The Bertz CT molecular complexity index is 1150. The Kier molecular flexibility index (Phi) is 8.09. The van der Waals surface area contributed by atoms with Crippen molar-refractivity contribution >= 4 is 5.91 Å². The minimum Gasteiger partial charge on any atom is -0.493 e. The van der Waals surface area contributed by atoms with E-state index in [0.717, 1.165) is 43.0 Å². The molecule has 1 aliphatic rings. The maximum atomic E-state index is 13.1. The second-order valence-electron chi connectivity index (χ2n) is 9.24. The molecule has 3 aromatic rings. The topological polar surface area (TPSA) is 50.8 Å². The van der Waals surface area contributed by atoms with Crippen LogP contribution in [0.1, 0.15) is 47.2 Å². The first-order valence-electron chi connectivity index (χ1n) is 12.4. The number of hydrogen-bond donors (Lipinski definition) is 1. The van der Waals surface area contributed by atoms with Gasteiger partial charge in [-0.1, -0.05) is 61.5 Å². The summed E-state index contributed by atoms with van der Waals surface area (Å²) in [4.78, 5) is 15.6. The smallest absolute Gasteiger partial charge is 0.224 e. The van der Waals surface area contributed by atoms with Crippen LogP contribution in [0.4, 0.5) is 0 Å². The molecular weight excluding hydrogens is 436 g/mol. The third-order valence-corrected chi connectivity index (χ3v) is 7.04. The molecular formula is C30H36N2O3. The second-order valence-corrected chi connectivity index (χ2v) is 9.24. The molecule has 0 aromatic heterocycles. The minimum atomic E-state index is -0.0348. The zero-order chi connectivity index (χ0) is 24.8. The summed E-state index contributed by atoms with van der Waals surface area (Å²) >= 11 is 0. The number of methoxy groups -OCH3 is 2. The number of fused-ring (bicyclic) bond motifs is 1. The first-order valence-corrected chi connectivity index (χ1v) is 12.4. The van der Waals surface area contributed by atoms with Gasteiger partial charge in [0.15, 0.2) is 11.5 Å². The van der Waals surface area contributed by atoms with E-state index in [9.17, 15) is 4.79 Å². The molecule has 35 heavy (non-hydrogen) atoms. The average molecular weight is 473 g/mol. The highest BCUT2D eigenvalue weighted by molar-refractivity contribution is 5.79. The van der Waals surface area contributed by atoms with Crippen molar-refractivity contribution in [3.05, 3.63) is 94.5 Å². The van der Waals surface area contributed by atoms with Gasteiger partial charge in [0.25, 0.3) is 0 Å². The van der Waals surface area contributed by atoms with Gasteiger partial charge >= 0.3 is 0 Å². The highest BCUT2D eigenvalue weighted by Crippen LogP contribution is 2.40. The highest BCUT2D eigenvalue weighted by atomic mass is 16.5. The number of benzene rings is 3. The van der Waals surface area contributed by atoms with E-state index < -0.39 is 0 Å². The van der Waals surface area contributed by atoms with Crippen LogP contribution >= 0.6 is 0 Å². The number of carbonyl (C=O) groups excluding carboxylic acids is 1. The lowest BCUT2D eigenvalue weighted by molar-refractivity contribution is -0.121. The van der Waals surface area contributed by atoms with Gasteiger partial charge in [-0.15, -0.1) is 0 Å². The molecule has 0 aliphatic carbocycles.